The Kier molecular flexibility index (Phi) is 6.34. The number of carbonyl (C=O) groups is 3. The molecule has 2 heterocycles. The highest BCUT2D eigenvalue weighted by molar-refractivity contribution is 5.96. The quantitative estimate of drug-likeness (QED) is 0.329. The number of aliphatic carboxylic acids is 2. The van der Waals surface area contributed by atoms with Gasteiger partial charge in [0.2, 0.25) is 0 Å². The fourth-order valence-corrected chi connectivity index (χ4v) is 3.06. The van der Waals surface area contributed by atoms with Crippen molar-refractivity contribution in [2.24, 2.45) is 0 Å². The molecular weight excluding hydrogens is 406 g/mol. The second kappa shape index (κ2) is 9.11. The number of fused-ring (bicyclic) bond motifs is 1. The lowest BCUT2D eigenvalue weighted by atomic mass is 10.1. The second-order valence-corrected chi connectivity index (χ2v) is 6.97. The average molecular weight is 427 g/mol. The molecular formula is C20H21N5O6. The van der Waals surface area contributed by atoms with Crippen LogP contribution in [0.1, 0.15) is 28.8 Å². The lowest BCUT2D eigenvalue weighted by Crippen LogP contribution is -2.41. The lowest BCUT2D eigenvalue weighted by molar-refractivity contribution is -0.140. The maximum Gasteiger partial charge on any atom is 0.326 e. The van der Waals surface area contributed by atoms with Gasteiger partial charge in [-0.25, -0.2) is 9.78 Å². The molecule has 31 heavy (non-hydrogen) atoms. The minimum Gasteiger partial charge on any atom is -0.481 e. The normalized spacial score (nSPS) is 11.9. The van der Waals surface area contributed by atoms with E-state index < -0.39 is 23.9 Å². The Morgan fingerprint density at radius 1 is 1.19 bits per heavy atom. The van der Waals surface area contributed by atoms with Gasteiger partial charge in [-0.1, -0.05) is 12.1 Å². The van der Waals surface area contributed by atoms with Crippen molar-refractivity contribution in [3.8, 4) is 0 Å². The van der Waals surface area contributed by atoms with E-state index in [1.807, 2.05) is 0 Å². The van der Waals surface area contributed by atoms with E-state index in [0.717, 1.165) is 5.56 Å². The fraction of sp³-hybridized carbons (Fsp3) is 0.250. The smallest absolute Gasteiger partial charge is 0.326 e. The van der Waals surface area contributed by atoms with E-state index in [-0.39, 0.29) is 24.0 Å². The molecule has 2 aromatic heterocycles. The number of benzene rings is 1. The number of rotatable bonds is 9. The first-order chi connectivity index (χ1) is 14.7. The summed E-state index contributed by atoms with van der Waals surface area (Å²) in [4.78, 5) is 53.6. The third-order valence-corrected chi connectivity index (χ3v) is 4.74. The average Bonchev–Trinajstić information content (AvgIpc) is 3.11. The number of carboxylic acid groups (broad SMARTS) is 2. The van der Waals surface area contributed by atoms with Crippen LogP contribution in [0.3, 0.4) is 0 Å². The van der Waals surface area contributed by atoms with Gasteiger partial charge in [-0.2, -0.15) is 0 Å². The van der Waals surface area contributed by atoms with E-state index in [1.54, 1.807) is 12.1 Å². The van der Waals surface area contributed by atoms with Gasteiger partial charge in [0, 0.05) is 18.5 Å². The zero-order valence-corrected chi connectivity index (χ0v) is 16.4. The van der Waals surface area contributed by atoms with E-state index in [9.17, 15) is 19.2 Å². The van der Waals surface area contributed by atoms with Crippen LogP contribution in [0.25, 0.3) is 11.0 Å². The number of hydrogen-bond donors (Lipinski definition) is 5. The molecule has 0 aliphatic heterocycles. The zero-order valence-electron chi connectivity index (χ0n) is 16.4. The molecule has 0 saturated heterocycles. The number of nitrogens with one attached hydrogen (secondary N) is 2. The monoisotopic (exact) mass is 427 g/mol. The van der Waals surface area contributed by atoms with Crippen LogP contribution in [-0.2, 0) is 22.6 Å². The molecule has 0 unspecified atom stereocenters. The predicted molar refractivity (Wildman–Crippen MR) is 111 cm³/mol. The number of anilines is 1. The van der Waals surface area contributed by atoms with Crippen LogP contribution in [0.5, 0.6) is 0 Å². The van der Waals surface area contributed by atoms with E-state index in [0.29, 0.717) is 29.8 Å². The molecule has 0 aliphatic carbocycles. The number of aromatic nitrogens is 3. The molecule has 0 fully saturated rings. The predicted octanol–water partition coefficient (Wildman–Crippen LogP) is 0.597. The van der Waals surface area contributed by atoms with E-state index in [1.165, 1.54) is 29.1 Å². The Labute approximate surface area is 175 Å². The number of aryl methyl sites for hydroxylation is 2. The first-order valence-corrected chi connectivity index (χ1v) is 9.42. The highest BCUT2D eigenvalue weighted by atomic mass is 16.4. The maximum absolute atomic E-state index is 12.5. The van der Waals surface area contributed by atoms with Crippen LogP contribution in [0.15, 0.2) is 41.5 Å². The van der Waals surface area contributed by atoms with Crippen LogP contribution < -0.4 is 16.6 Å². The van der Waals surface area contributed by atoms with Crippen molar-refractivity contribution in [2.45, 2.75) is 31.8 Å². The van der Waals surface area contributed by atoms with Gasteiger partial charge < -0.3 is 26.2 Å². The first-order valence-electron chi connectivity index (χ1n) is 9.42. The summed E-state index contributed by atoms with van der Waals surface area (Å²) >= 11 is 0. The molecule has 11 nitrogen and oxygen atoms in total. The molecule has 162 valence electrons. The van der Waals surface area contributed by atoms with Crippen molar-refractivity contribution >= 4 is 34.7 Å². The van der Waals surface area contributed by atoms with Crippen molar-refractivity contribution in [3.05, 3.63) is 58.1 Å². The van der Waals surface area contributed by atoms with Crippen LogP contribution in [-0.4, -0.2) is 48.6 Å². The Hall–Kier alpha value is -4.15. The van der Waals surface area contributed by atoms with Gasteiger partial charge in [0.1, 0.15) is 17.5 Å². The summed E-state index contributed by atoms with van der Waals surface area (Å²) in [5, 5.41) is 20.6. The molecule has 0 aliphatic rings. The molecule has 6 N–H and O–H groups in total. The zero-order chi connectivity index (χ0) is 22.5. The highest BCUT2D eigenvalue weighted by Gasteiger charge is 2.21. The molecule has 0 saturated carbocycles. The van der Waals surface area contributed by atoms with Crippen molar-refractivity contribution in [3.63, 3.8) is 0 Å². The molecule has 1 atom stereocenters. The van der Waals surface area contributed by atoms with Crippen LogP contribution >= 0.6 is 0 Å². The minimum atomic E-state index is -1.30. The second-order valence-electron chi connectivity index (χ2n) is 6.97. The highest BCUT2D eigenvalue weighted by Crippen LogP contribution is 2.11. The van der Waals surface area contributed by atoms with Gasteiger partial charge in [-0.15, -0.1) is 0 Å². The standard InChI is InChI=1S/C20H21N5O6/c21-15-9-13-17(24-15)22-10-25(19(13)29)8-7-11-1-3-12(4-2-11)18(28)23-14(20(30)31)5-6-16(26)27/h1-4,9-10,14,24H,5-8,21H2,(H,23,28)(H,26,27)(H,30,31)/t14-/m0/s1. The Balaban J connectivity index is 1.62. The van der Waals surface area contributed by atoms with Crippen molar-refractivity contribution in [2.75, 3.05) is 5.73 Å². The van der Waals surface area contributed by atoms with Crippen molar-refractivity contribution in [1.29, 1.82) is 0 Å². The Morgan fingerprint density at radius 3 is 2.55 bits per heavy atom. The van der Waals surface area contributed by atoms with Gasteiger partial charge in [-0.05, 0) is 36.6 Å². The van der Waals surface area contributed by atoms with Gasteiger partial charge in [-0.3, -0.25) is 19.0 Å². The summed E-state index contributed by atoms with van der Waals surface area (Å²) in [7, 11) is 0. The van der Waals surface area contributed by atoms with Gasteiger partial charge in [0.25, 0.3) is 11.5 Å². The number of nitrogens with zero attached hydrogens (tertiary/aromatic N) is 2. The third-order valence-electron chi connectivity index (χ3n) is 4.74. The number of aromatic amines is 1. The maximum atomic E-state index is 12.5. The number of hydrogen-bond acceptors (Lipinski definition) is 6. The number of H-pyrrole nitrogens is 1. The SMILES string of the molecule is Nc1cc2c(=O)n(CCc3ccc(C(=O)N[C@@H](CCC(=O)O)C(=O)O)cc3)cnc2[nH]1. The van der Waals surface area contributed by atoms with Crippen LogP contribution in [0.4, 0.5) is 5.82 Å². The van der Waals surface area contributed by atoms with Crippen LogP contribution in [0.2, 0.25) is 0 Å². The van der Waals surface area contributed by atoms with Crippen molar-refractivity contribution in [1.82, 2.24) is 19.9 Å². The van der Waals surface area contributed by atoms with Gasteiger partial charge in [0.15, 0.2) is 0 Å². The summed E-state index contributed by atoms with van der Waals surface area (Å²) < 4.78 is 1.47. The number of amides is 1. The summed E-state index contributed by atoms with van der Waals surface area (Å²) in [6.45, 7) is 0.370. The fourth-order valence-electron chi connectivity index (χ4n) is 3.06. The Bertz CT molecular complexity index is 1180. The van der Waals surface area contributed by atoms with Crippen molar-refractivity contribution < 1.29 is 24.6 Å². The third kappa shape index (κ3) is 5.26. The molecule has 0 spiro atoms. The van der Waals surface area contributed by atoms with E-state index >= 15 is 0 Å². The minimum absolute atomic E-state index is 0.213. The topological polar surface area (TPSA) is 180 Å². The summed E-state index contributed by atoms with van der Waals surface area (Å²) in [6.07, 6.45) is 1.36. The number of nitrogens with two attached hydrogens (primary N) is 1. The molecule has 11 heteroatoms. The molecule has 0 bridgehead atoms. The van der Waals surface area contributed by atoms with E-state index in [2.05, 4.69) is 15.3 Å². The summed E-state index contributed by atoms with van der Waals surface area (Å²) in [6, 6.07) is 6.73. The number of carboxylic acids is 2. The molecule has 3 rings (SSSR count). The number of carbonyl (C=O) groups excluding carboxylic acids is 1. The van der Waals surface area contributed by atoms with Gasteiger partial charge in [0.05, 0.1) is 11.7 Å². The molecule has 1 aromatic carbocycles. The van der Waals surface area contributed by atoms with Gasteiger partial charge >= 0.3 is 11.9 Å². The van der Waals surface area contributed by atoms with E-state index in [4.69, 9.17) is 15.9 Å². The lowest BCUT2D eigenvalue weighted by Gasteiger charge is -2.13. The van der Waals surface area contributed by atoms with Crippen LogP contribution in [0, 0.1) is 0 Å². The number of nitrogen functional groups attached to an aromatic ring is 1. The molecule has 1 amide bonds. The summed E-state index contributed by atoms with van der Waals surface area (Å²) in [5.74, 6) is -2.69. The first kappa shape index (κ1) is 21.6. The molecule has 0 radical (unpaired) electrons. The molecule has 3 aromatic rings. The Morgan fingerprint density at radius 2 is 1.90 bits per heavy atom. The largest absolute Gasteiger partial charge is 0.481 e. The summed E-state index contributed by atoms with van der Waals surface area (Å²) in [5.41, 5.74) is 6.97.